The van der Waals surface area contributed by atoms with E-state index >= 15 is 0 Å². The molecule has 0 unspecified atom stereocenters. The van der Waals surface area contributed by atoms with Gasteiger partial charge in [-0.05, 0) is 35.0 Å². The van der Waals surface area contributed by atoms with Gasteiger partial charge in [0.15, 0.2) is 0 Å². The molecule has 4 rings (SSSR count). The molecule has 0 aliphatic rings. The third-order valence-corrected chi connectivity index (χ3v) is 8.33. The van der Waals surface area contributed by atoms with Gasteiger partial charge in [0.25, 0.3) is 0 Å². The molecule has 0 aliphatic heterocycles. The number of rotatable bonds is 4. The second-order valence-corrected chi connectivity index (χ2v) is 10.4. The molecule has 0 saturated heterocycles. The van der Waals surface area contributed by atoms with Crippen LogP contribution >= 0.6 is 93.1 Å². The van der Waals surface area contributed by atoms with Crippen LogP contribution in [0, 0.1) is 0 Å². The number of halogens is 6. The molecule has 2 aromatic heterocycles. The predicted octanol–water partition coefficient (Wildman–Crippen LogP) is 9.85. The fourth-order valence-electron chi connectivity index (χ4n) is 2.57. The van der Waals surface area contributed by atoms with Gasteiger partial charge in [-0.2, -0.15) is 0 Å². The van der Waals surface area contributed by atoms with Gasteiger partial charge in [-0.15, -0.1) is 0 Å². The SMILES string of the molecule is Clc1cc(Cl)c(Sc2cc3ccccc3cc2Sc2nc(Cl)c(Cl)cc2Cl)nc1Cl. The van der Waals surface area contributed by atoms with Gasteiger partial charge in [0.2, 0.25) is 0 Å². The topological polar surface area (TPSA) is 25.8 Å². The van der Waals surface area contributed by atoms with Crippen molar-refractivity contribution in [3.8, 4) is 0 Å². The van der Waals surface area contributed by atoms with E-state index in [2.05, 4.69) is 9.97 Å². The van der Waals surface area contributed by atoms with Crippen molar-refractivity contribution in [2.45, 2.75) is 19.8 Å². The number of benzene rings is 2. The molecule has 0 amide bonds. The van der Waals surface area contributed by atoms with E-state index < -0.39 is 0 Å². The highest BCUT2D eigenvalue weighted by molar-refractivity contribution is 8.02. The molecule has 0 bridgehead atoms. The third-order valence-electron chi connectivity index (χ3n) is 3.93. The van der Waals surface area contributed by atoms with Crippen LogP contribution in [-0.4, -0.2) is 9.97 Å². The minimum Gasteiger partial charge on any atom is -0.226 e. The summed E-state index contributed by atoms with van der Waals surface area (Å²) in [5.41, 5.74) is 0. The summed E-state index contributed by atoms with van der Waals surface area (Å²) in [4.78, 5) is 10.4. The fourth-order valence-corrected chi connectivity index (χ4v) is 5.84. The zero-order chi connectivity index (χ0) is 21.4. The van der Waals surface area contributed by atoms with E-state index in [1.54, 1.807) is 12.1 Å². The second-order valence-electron chi connectivity index (χ2n) is 5.95. The van der Waals surface area contributed by atoms with Crippen LogP contribution in [0.4, 0.5) is 0 Å². The van der Waals surface area contributed by atoms with Crippen LogP contribution in [0.25, 0.3) is 10.8 Å². The van der Waals surface area contributed by atoms with Gasteiger partial charge in [-0.25, -0.2) is 9.97 Å². The Morgan fingerprint density at radius 3 is 1.33 bits per heavy atom. The molecule has 152 valence electrons. The Balaban J connectivity index is 1.82. The van der Waals surface area contributed by atoms with Gasteiger partial charge < -0.3 is 0 Å². The molecule has 4 aromatic rings. The highest BCUT2D eigenvalue weighted by Crippen LogP contribution is 2.44. The maximum atomic E-state index is 6.35. The Labute approximate surface area is 211 Å². The van der Waals surface area contributed by atoms with E-state index in [1.807, 2.05) is 36.4 Å². The molecule has 0 N–H and O–H groups in total. The second kappa shape index (κ2) is 9.51. The Morgan fingerprint density at radius 1 is 0.533 bits per heavy atom. The number of aromatic nitrogens is 2. The maximum Gasteiger partial charge on any atom is 0.149 e. The Hall–Kier alpha value is -0.560. The number of hydrogen-bond acceptors (Lipinski definition) is 4. The molecule has 0 atom stereocenters. The molecule has 0 saturated carbocycles. The molecule has 2 nitrogen and oxygen atoms in total. The average molecular weight is 553 g/mol. The summed E-state index contributed by atoms with van der Waals surface area (Å²) in [6, 6.07) is 15.3. The number of hydrogen-bond donors (Lipinski definition) is 0. The minimum atomic E-state index is 0.188. The lowest BCUT2D eigenvalue weighted by Crippen LogP contribution is -1.89. The molecular weight excluding hydrogens is 545 g/mol. The predicted molar refractivity (Wildman–Crippen MR) is 131 cm³/mol. The first-order valence-electron chi connectivity index (χ1n) is 8.23. The van der Waals surface area contributed by atoms with E-state index in [1.165, 1.54) is 23.5 Å². The van der Waals surface area contributed by atoms with Crippen LogP contribution in [0.1, 0.15) is 0 Å². The standard InChI is InChI=1S/C20H8Cl6N2S2/c21-11-7-13(23)19(27-17(11)25)29-15-5-9-3-1-2-4-10(9)6-16(15)30-20-14(24)8-12(22)18(26)28-20/h1-8H. The Morgan fingerprint density at radius 2 is 0.933 bits per heavy atom. The first-order chi connectivity index (χ1) is 14.3. The van der Waals surface area contributed by atoms with Gasteiger partial charge in [0.1, 0.15) is 20.4 Å². The van der Waals surface area contributed by atoms with Crippen LogP contribution in [0.15, 0.2) is 68.4 Å². The maximum absolute atomic E-state index is 6.35. The molecule has 0 fully saturated rings. The van der Waals surface area contributed by atoms with E-state index in [9.17, 15) is 0 Å². The van der Waals surface area contributed by atoms with Crippen LogP contribution in [0.5, 0.6) is 0 Å². The molecule has 2 heterocycles. The molecule has 0 radical (unpaired) electrons. The lowest BCUT2D eigenvalue weighted by atomic mass is 10.1. The van der Waals surface area contributed by atoms with E-state index in [-0.39, 0.29) is 10.3 Å². The largest absolute Gasteiger partial charge is 0.226 e. The zero-order valence-corrected chi connectivity index (χ0v) is 20.8. The third kappa shape index (κ3) is 4.92. The monoisotopic (exact) mass is 550 g/mol. The van der Waals surface area contributed by atoms with Gasteiger partial charge >= 0.3 is 0 Å². The highest BCUT2D eigenvalue weighted by Gasteiger charge is 2.16. The van der Waals surface area contributed by atoms with Gasteiger partial charge in [-0.3, -0.25) is 0 Å². The quantitative estimate of drug-likeness (QED) is 0.235. The minimum absolute atomic E-state index is 0.188. The lowest BCUT2D eigenvalue weighted by molar-refractivity contribution is 1.11. The van der Waals surface area contributed by atoms with Crippen molar-refractivity contribution in [3.63, 3.8) is 0 Å². The number of pyridine rings is 2. The highest BCUT2D eigenvalue weighted by atomic mass is 35.5. The molecule has 0 spiro atoms. The van der Waals surface area contributed by atoms with Crippen molar-refractivity contribution in [1.29, 1.82) is 0 Å². The molecule has 0 aliphatic carbocycles. The van der Waals surface area contributed by atoms with Crippen molar-refractivity contribution in [2.24, 2.45) is 0 Å². The molecule has 2 aromatic carbocycles. The van der Waals surface area contributed by atoms with E-state index in [0.29, 0.717) is 30.1 Å². The Kier molecular flexibility index (Phi) is 7.18. The summed E-state index contributed by atoms with van der Waals surface area (Å²) in [5, 5.41) is 4.99. The first-order valence-corrected chi connectivity index (χ1v) is 12.1. The summed E-state index contributed by atoms with van der Waals surface area (Å²) in [6.45, 7) is 0. The van der Waals surface area contributed by atoms with Crippen LogP contribution in [0.2, 0.25) is 30.4 Å². The average Bonchev–Trinajstić information content (AvgIpc) is 2.70. The normalized spacial score (nSPS) is 11.3. The zero-order valence-electron chi connectivity index (χ0n) is 14.6. The number of nitrogens with zero attached hydrogens (tertiary/aromatic N) is 2. The van der Waals surface area contributed by atoms with E-state index in [4.69, 9.17) is 69.6 Å². The fraction of sp³-hybridized carbons (Fsp3) is 0. The first kappa shape index (κ1) is 22.6. The van der Waals surface area contributed by atoms with Crippen molar-refractivity contribution in [1.82, 2.24) is 9.97 Å². The Bertz CT molecular complexity index is 1180. The van der Waals surface area contributed by atoms with Gasteiger partial charge in [0, 0.05) is 9.79 Å². The van der Waals surface area contributed by atoms with Crippen molar-refractivity contribution < 1.29 is 0 Å². The summed E-state index contributed by atoms with van der Waals surface area (Å²) in [6.07, 6.45) is 0. The van der Waals surface area contributed by atoms with E-state index in [0.717, 1.165) is 20.6 Å². The van der Waals surface area contributed by atoms with Gasteiger partial charge in [-0.1, -0.05) is 117 Å². The van der Waals surface area contributed by atoms with Gasteiger partial charge in [0.05, 0.1) is 20.1 Å². The number of fused-ring (bicyclic) bond motifs is 1. The summed E-state index contributed by atoms with van der Waals surface area (Å²) in [7, 11) is 0. The smallest absolute Gasteiger partial charge is 0.149 e. The van der Waals surface area contributed by atoms with Crippen molar-refractivity contribution >= 4 is 104 Å². The summed E-state index contributed by atoms with van der Waals surface area (Å²) < 4.78 is 0. The molecule has 10 heteroatoms. The van der Waals surface area contributed by atoms with Crippen LogP contribution in [0.3, 0.4) is 0 Å². The molecule has 30 heavy (non-hydrogen) atoms. The van der Waals surface area contributed by atoms with Crippen LogP contribution in [-0.2, 0) is 0 Å². The lowest BCUT2D eigenvalue weighted by Gasteiger charge is -2.13. The molecular formula is C20H8Cl6N2S2. The summed E-state index contributed by atoms with van der Waals surface area (Å²) in [5.74, 6) is 0. The van der Waals surface area contributed by atoms with Crippen LogP contribution < -0.4 is 0 Å². The van der Waals surface area contributed by atoms with Crippen molar-refractivity contribution in [3.05, 3.63) is 78.9 Å². The summed E-state index contributed by atoms with van der Waals surface area (Å²) >= 11 is 39.7. The van der Waals surface area contributed by atoms with Crippen molar-refractivity contribution in [2.75, 3.05) is 0 Å².